The maximum absolute atomic E-state index is 6.06. The van der Waals surface area contributed by atoms with Crippen molar-refractivity contribution in [3.63, 3.8) is 0 Å². The van der Waals surface area contributed by atoms with E-state index in [9.17, 15) is 0 Å². The van der Waals surface area contributed by atoms with Crippen molar-refractivity contribution in [2.75, 3.05) is 0 Å². The summed E-state index contributed by atoms with van der Waals surface area (Å²) in [6.45, 7) is 7.04. The molecule has 3 atom stereocenters. The molecule has 1 heterocycles. The molecule has 0 aromatic carbocycles. The van der Waals surface area contributed by atoms with E-state index in [2.05, 4.69) is 26.1 Å². The second kappa shape index (κ2) is 2.24. The fourth-order valence-corrected chi connectivity index (χ4v) is 3.35. The monoisotopic (exact) mass is 168 g/mol. The van der Waals surface area contributed by atoms with Crippen LogP contribution < -0.4 is 11.1 Å². The molecule has 0 aromatic heterocycles. The maximum Gasteiger partial charge on any atom is 0.0604 e. The number of hydrogen-bond donors (Lipinski definition) is 2. The molecule has 3 N–H and O–H groups in total. The minimum atomic E-state index is 0.226. The van der Waals surface area contributed by atoms with Gasteiger partial charge in [0, 0.05) is 6.04 Å². The van der Waals surface area contributed by atoms with Crippen molar-refractivity contribution in [2.45, 2.75) is 52.2 Å². The molecular formula is C10H20N2. The zero-order chi connectivity index (χ0) is 8.98. The van der Waals surface area contributed by atoms with E-state index in [1.54, 1.807) is 0 Å². The second-order valence-corrected chi connectivity index (χ2v) is 5.74. The number of nitrogens with one attached hydrogen (secondary N) is 1. The van der Waals surface area contributed by atoms with Crippen LogP contribution in [-0.4, -0.2) is 12.2 Å². The fraction of sp³-hybridized carbons (Fsp3) is 1.00. The third-order valence-corrected chi connectivity index (χ3v) is 3.56. The van der Waals surface area contributed by atoms with Crippen molar-refractivity contribution in [1.82, 2.24) is 5.32 Å². The molecule has 0 spiro atoms. The largest absolute Gasteiger partial charge is 0.315 e. The van der Waals surface area contributed by atoms with Gasteiger partial charge in [-0.2, -0.15) is 0 Å². The Morgan fingerprint density at radius 3 is 2.50 bits per heavy atom. The Kier molecular flexibility index (Phi) is 1.59. The van der Waals surface area contributed by atoms with Crippen LogP contribution in [0.15, 0.2) is 0 Å². The van der Waals surface area contributed by atoms with Crippen molar-refractivity contribution < 1.29 is 0 Å². The Balaban J connectivity index is 2.23. The van der Waals surface area contributed by atoms with Crippen molar-refractivity contribution in [3.8, 4) is 0 Å². The van der Waals surface area contributed by atoms with E-state index < -0.39 is 0 Å². The first-order chi connectivity index (χ1) is 5.41. The van der Waals surface area contributed by atoms with Crippen LogP contribution in [0.4, 0.5) is 0 Å². The van der Waals surface area contributed by atoms with Gasteiger partial charge in [-0.25, -0.2) is 0 Å². The highest BCUT2D eigenvalue weighted by atomic mass is 15.1. The molecule has 2 nitrogen and oxygen atoms in total. The maximum atomic E-state index is 6.06. The lowest BCUT2D eigenvalue weighted by atomic mass is 9.64. The highest BCUT2D eigenvalue weighted by molar-refractivity contribution is 5.04. The SMILES string of the molecule is CC1(C)CC2CC(C)(C1)C(N)N2. The van der Waals surface area contributed by atoms with E-state index >= 15 is 0 Å². The van der Waals surface area contributed by atoms with Gasteiger partial charge in [-0.05, 0) is 30.1 Å². The van der Waals surface area contributed by atoms with E-state index in [1.165, 1.54) is 19.3 Å². The van der Waals surface area contributed by atoms with Crippen LogP contribution in [-0.2, 0) is 0 Å². The Hall–Kier alpha value is -0.0800. The van der Waals surface area contributed by atoms with Crippen LogP contribution in [0.2, 0.25) is 0 Å². The normalized spacial score (nSPS) is 51.0. The van der Waals surface area contributed by atoms with Gasteiger partial charge in [-0.15, -0.1) is 0 Å². The summed E-state index contributed by atoms with van der Waals surface area (Å²) in [5, 5.41) is 3.49. The molecule has 1 aliphatic carbocycles. The third kappa shape index (κ3) is 1.17. The van der Waals surface area contributed by atoms with Gasteiger partial charge < -0.3 is 5.73 Å². The lowest BCUT2D eigenvalue weighted by Crippen LogP contribution is -2.43. The molecular weight excluding hydrogens is 148 g/mol. The van der Waals surface area contributed by atoms with Crippen molar-refractivity contribution in [2.24, 2.45) is 16.6 Å². The highest BCUT2D eigenvalue weighted by Crippen LogP contribution is 2.50. The van der Waals surface area contributed by atoms with Gasteiger partial charge in [0.15, 0.2) is 0 Å². The Bertz CT molecular complexity index is 198. The summed E-state index contributed by atoms with van der Waals surface area (Å²) in [6, 6.07) is 0.675. The molecule has 0 amide bonds. The van der Waals surface area contributed by atoms with Gasteiger partial charge in [0.1, 0.15) is 0 Å². The molecule has 2 rings (SSSR count). The predicted octanol–water partition coefficient (Wildman–Crippen LogP) is 1.46. The predicted molar refractivity (Wildman–Crippen MR) is 50.6 cm³/mol. The molecule has 1 aliphatic heterocycles. The summed E-state index contributed by atoms with van der Waals surface area (Å²) in [7, 11) is 0. The van der Waals surface area contributed by atoms with Crippen molar-refractivity contribution in [3.05, 3.63) is 0 Å². The first-order valence-corrected chi connectivity index (χ1v) is 4.93. The standard InChI is InChI=1S/C10H20N2/c1-9(2)4-7-5-10(3,6-9)8(11)12-7/h7-8,12H,4-6,11H2,1-3H3. The lowest BCUT2D eigenvalue weighted by Gasteiger charge is -2.40. The summed E-state index contributed by atoms with van der Waals surface area (Å²) >= 11 is 0. The molecule has 1 saturated heterocycles. The van der Waals surface area contributed by atoms with Gasteiger partial charge in [0.05, 0.1) is 6.17 Å². The molecule has 2 bridgehead atoms. The van der Waals surface area contributed by atoms with Crippen molar-refractivity contribution >= 4 is 0 Å². The van der Waals surface area contributed by atoms with Crippen LogP contribution >= 0.6 is 0 Å². The van der Waals surface area contributed by atoms with E-state index in [0.29, 0.717) is 16.9 Å². The number of fused-ring (bicyclic) bond motifs is 2. The Morgan fingerprint density at radius 2 is 1.92 bits per heavy atom. The van der Waals surface area contributed by atoms with Gasteiger partial charge in [-0.3, -0.25) is 5.32 Å². The quantitative estimate of drug-likeness (QED) is 0.574. The number of rotatable bonds is 0. The third-order valence-electron chi connectivity index (χ3n) is 3.56. The molecule has 2 heteroatoms. The molecule has 70 valence electrons. The van der Waals surface area contributed by atoms with Gasteiger partial charge in [0.25, 0.3) is 0 Å². The molecule has 0 radical (unpaired) electrons. The minimum Gasteiger partial charge on any atom is -0.315 e. The average Bonchev–Trinajstić information content (AvgIpc) is 1.99. The minimum absolute atomic E-state index is 0.226. The fourth-order valence-electron chi connectivity index (χ4n) is 3.35. The smallest absolute Gasteiger partial charge is 0.0604 e. The number of hydrogen-bond acceptors (Lipinski definition) is 2. The zero-order valence-electron chi connectivity index (χ0n) is 8.35. The summed E-state index contributed by atoms with van der Waals surface area (Å²) in [5.74, 6) is 0. The van der Waals surface area contributed by atoms with Crippen LogP contribution in [0.1, 0.15) is 40.0 Å². The molecule has 2 fully saturated rings. The lowest BCUT2D eigenvalue weighted by molar-refractivity contribution is 0.118. The van der Waals surface area contributed by atoms with Crippen LogP contribution in [0, 0.1) is 10.8 Å². The van der Waals surface area contributed by atoms with Gasteiger partial charge in [0.2, 0.25) is 0 Å². The van der Waals surface area contributed by atoms with Crippen molar-refractivity contribution in [1.29, 1.82) is 0 Å². The summed E-state index contributed by atoms with van der Waals surface area (Å²) in [4.78, 5) is 0. The molecule has 2 aliphatic rings. The van der Waals surface area contributed by atoms with E-state index in [0.717, 1.165) is 0 Å². The topological polar surface area (TPSA) is 38.0 Å². The van der Waals surface area contributed by atoms with Gasteiger partial charge >= 0.3 is 0 Å². The molecule has 0 aromatic rings. The number of nitrogens with two attached hydrogens (primary N) is 1. The second-order valence-electron chi connectivity index (χ2n) is 5.74. The average molecular weight is 168 g/mol. The summed E-state index contributed by atoms with van der Waals surface area (Å²) in [5.41, 5.74) is 6.90. The van der Waals surface area contributed by atoms with Crippen LogP contribution in [0.25, 0.3) is 0 Å². The van der Waals surface area contributed by atoms with Gasteiger partial charge in [-0.1, -0.05) is 20.8 Å². The van der Waals surface area contributed by atoms with E-state index in [4.69, 9.17) is 5.73 Å². The molecule has 1 saturated carbocycles. The molecule has 12 heavy (non-hydrogen) atoms. The van der Waals surface area contributed by atoms with Crippen LogP contribution in [0.3, 0.4) is 0 Å². The zero-order valence-corrected chi connectivity index (χ0v) is 8.35. The van der Waals surface area contributed by atoms with Crippen LogP contribution in [0.5, 0.6) is 0 Å². The summed E-state index contributed by atoms with van der Waals surface area (Å²) < 4.78 is 0. The Labute approximate surface area is 74.9 Å². The van der Waals surface area contributed by atoms with E-state index in [1.807, 2.05) is 0 Å². The van der Waals surface area contributed by atoms with E-state index in [-0.39, 0.29) is 6.17 Å². The molecule has 3 unspecified atom stereocenters. The highest BCUT2D eigenvalue weighted by Gasteiger charge is 2.49. The first-order valence-electron chi connectivity index (χ1n) is 4.93. The first kappa shape index (κ1) is 8.52. The summed E-state index contributed by atoms with van der Waals surface area (Å²) in [6.07, 6.45) is 4.06. The Morgan fingerprint density at radius 1 is 1.25 bits per heavy atom.